The van der Waals surface area contributed by atoms with Crippen LogP contribution in [0.4, 0.5) is 0 Å². The second-order valence-electron chi connectivity index (χ2n) is 3.48. The predicted molar refractivity (Wildman–Crippen MR) is 93.6 cm³/mol. The van der Waals surface area contributed by atoms with E-state index in [2.05, 4.69) is 31.1 Å². The van der Waals surface area contributed by atoms with Crippen molar-refractivity contribution in [1.82, 2.24) is 0 Å². The molecule has 0 unspecified atom stereocenters. The molecule has 0 heterocycles. The maximum atomic E-state index is 10.4. The summed E-state index contributed by atoms with van der Waals surface area (Å²) in [6.07, 6.45) is 6.12. The molecule has 0 saturated heterocycles. The lowest BCUT2D eigenvalue weighted by atomic mass is 10.1. The number of carboxylic acids is 2. The van der Waals surface area contributed by atoms with Crippen molar-refractivity contribution in [2.75, 3.05) is 0 Å². The largest absolute Gasteiger partial charge is 0.478 e. The van der Waals surface area contributed by atoms with Crippen LogP contribution in [0.2, 0.25) is 0 Å². The molecule has 126 valence electrons. The van der Waals surface area contributed by atoms with E-state index in [1.54, 1.807) is 12.2 Å². The first kappa shape index (κ1) is 24.9. The van der Waals surface area contributed by atoms with Crippen molar-refractivity contribution < 1.29 is 24.5 Å². The number of allylic oxidation sites excluding steroid dienone is 2. The average molecular weight is 320 g/mol. The summed E-state index contributed by atoms with van der Waals surface area (Å²) in [4.78, 5) is 20.8. The van der Waals surface area contributed by atoms with Crippen LogP contribution in [0.1, 0.15) is 34.6 Å². The van der Waals surface area contributed by atoms with Crippen LogP contribution >= 0.6 is 0 Å². The maximum Gasteiger partial charge on any atom is 0.335 e. The zero-order valence-corrected chi connectivity index (χ0v) is 13.6. The molecule has 0 aliphatic carbocycles. The predicted octanol–water partition coefficient (Wildman–Crippen LogP) is 4.76. The summed E-state index contributed by atoms with van der Waals surface area (Å²) in [6, 6.07) is 5.20. The monoisotopic (exact) mass is 320 g/mol. The van der Waals surface area contributed by atoms with Gasteiger partial charge < -0.3 is 14.9 Å². The van der Waals surface area contributed by atoms with E-state index in [1.807, 2.05) is 13.8 Å². The van der Waals surface area contributed by atoms with Crippen LogP contribution in [-0.4, -0.2) is 22.2 Å². The Hall–Kier alpha value is -3.08. The molecule has 0 fully saturated rings. The summed E-state index contributed by atoms with van der Waals surface area (Å²) in [5.41, 5.74) is -0.0372. The van der Waals surface area contributed by atoms with Crippen LogP contribution in [0, 0.1) is 0 Å². The first-order valence-electron chi connectivity index (χ1n) is 6.44. The van der Waals surface area contributed by atoms with Crippen LogP contribution in [0.15, 0.2) is 75.3 Å². The summed E-state index contributed by atoms with van der Waals surface area (Å²) < 4.78 is 4.36. The molecule has 0 spiro atoms. The second-order valence-corrected chi connectivity index (χ2v) is 3.48. The molecule has 0 saturated carbocycles. The quantitative estimate of drug-likeness (QED) is 0.617. The Balaban J connectivity index is -0.000000303. The van der Waals surface area contributed by atoms with Crippen molar-refractivity contribution in [3.8, 4) is 0 Å². The highest BCUT2D eigenvalue weighted by molar-refractivity contribution is 5.93. The molecule has 1 aromatic rings. The molecular weight excluding hydrogens is 296 g/mol. The van der Waals surface area contributed by atoms with Crippen molar-refractivity contribution in [1.29, 1.82) is 0 Å². The van der Waals surface area contributed by atoms with Gasteiger partial charge in [0.1, 0.15) is 0 Å². The number of hydrogen-bond acceptors (Lipinski definition) is 3. The molecule has 0 aliphatic rings. The SMILES string of the molecule is C=CC.C=CC.C=COC=C.O=C(O)c1cccc(C(=O)O)c1. The Morgan fingerprint density at radius 2 is 1.22 bits per heavy atom. The van der Waals surface area contributed by atoms with Crippen LogP contribution in [0.25, 0.3) is 0 Å². The van der Waals surface area contributed by atoms with Gasteiger partial charge in [0.05, 0.1) is 23.7 Å². The summed E-state index contributed by atoms with van der Waals surface area (Å²) >= 11 is 0. The van der Waals surface area contributed by atoms with Crippen molar-refractivity contribution in [3.63, 3.8) is 0 Å². The standard InChI is InChI=1S/C8H6O4.C4H6O.2C3H6/c9-7(10)5-2-1-3-6(4-5)8(11)12;1-3-5-4-2;2*1-3-2/h1-4H,(H,9,10)(H,11,12);3-4H,1-2H2;2*3H,1H2,2H3. The molecule has 1 aromatic carbocycles. The minimum absolute atomic E-state index is 0.0186. The maximum absolute atomic E-state index is 10.4. The number of aromatic carboxylic acids is 2. The third-order valence-electron chi connectivity index (χ3n) is 1.55. The molecule has 0 aromatic heterocycles. The molecule has 0 atom stereocenters. The van der Waals surface area contributed by atoms with Crippen molar-refractivity contribution in [2.24, 2.45) is 0 Å². The normalized spacial score (nSPS) is 7.22. The third kappa shape index (κ3) is 18.9. The third-order valence-corrected chi connectivity index (χ3v) is 1.55. The molecule has 1 rings (SSSR count). The molecule has 0 amide bonds. The van der Waals surface area contributed by atoms with Crippen LogP contribution < -0.4 is 0 Å². The Morgan fingerprint density at radius 1 is 0.913 bits per heavy atom. The zero-order chi connectivity index (χ0) is 18.7. The molecular formula is C18H24O5. The molecule has 2 N–H and O–H groups in total. The first-order valence-corrected chi connectivity index (χ1v) is 6.44. The minimum Gasteiger partial charge on any atom is -0.478 e. The summed E-state index contributed by atoms with van der Waals surface area (Å²) in [5, 5.41) is 17.0. The van der Waals surface area contributed by atoms with Crippen LogP contribution in [-0.2, 0) is 4.74 Å². The number of benzene rings is 1. The van der Waals surface area contributed by atoms with Gasteiger partial charge in [0.25, 0.3) is 0 Å². The second kappa shape index (κ2) is 18.9. The van der Waals surface area contributed by atoms with Crippen LogP contribution in [0.3, 0.4) is 0 Å². The lowest BCUT2D eigenvalue weighted by Gasteiger charge is -1.95. The van der Waals surface area contributed by atoms with Gasteiger partial charge in [0, 0.05) is 0 Å². The average Bonchev–Trinajstić information content (AvgIpc) is 2.50. The van der Waals surface area contributed by atoms with Gasteiger partial charge in [-0.1, -0.05) is 31.4 Å². The molecule has 0 aliphatic heterocycles. The molecule has 23 heavy (non-hydrogen) atoms. The number of ether oxygens (including phenoxy) is 1. The van der Waals surface area contributed by atoms with E-state index in [0.717, 1.165) is 6.07 Å². The van der Waals surface area contributed by atoms with Gasteiger partial charge in [-0.05, 0) is 32.0 Å². The van der Waals surface area contributed by atoms with Gasteiger partial charge in [0.2, 0.25) is 0 Å². The summed E-state index contributed by atoms with van der Waals surface area (Å²) in [7, 11) is 0. The summed E-state index contributed by atoms with van der Waals surface area (Å²) in [6.45, 7) is 17.0. The van der Waals surface area contributed by atoms with Gasteiger partial charge >= 0.3 is 11.9 Å². The Bertz CT molecular complexity index is 463. The fourth-order valence-corrected chi connectivity index (χ4v) is 0.853. The van der Waals surface area contributed by atoms with E-state index in [4.69, 9.17) is 10.2 Å². The van der Waals surface area contributed by atoms with Crippen molar-refractivity contribution in [3.05, 3.63) is 86.4 Å². The fourth-order valence-electron chi connectivity index (χ4n) is 0.853. The first-order chi connectivity index (χ1) is 10.9. The minimum atomic E-state index is -1.13. The van der Waals surface area contributed by atoms with Crippen LogP contribution in [0.5, 0.6) is 0 Å². The lowest BCUT2D eigenvalue weighted by molar-refractivity contribution is 0.0696. The van der Waals surface area contributed by atoms with E-state index in [1.165, 1.54) is 30.7 Å². The molecule has 0 bridgehead atoms. The van der Waals surface area contributed by atoms with E-state index in [9.17, 15) is 9.59 Å². The number of hydrogen-bond donors (Lipinski definition) is 2. The summed E-state index contributed by atoms with van der Waals surface area (Å²) in [5.74, 6) is -2.25. The van der Waals surface area contributed by atoms with Gasteiger partial charge in [-0.25, -0.2) is 9.59 Å². The van der Waals surface area contributed by atoms with Crippen molar-refractivity contribution in [2.45, 2.75) is 13.8 Å². The Kier molecular flexibility index (Phi) is 20.5. The smallest absolute Gasteiger partial charge is 0.335 e. The number of carbonyl (C=O) groups is 2. The fraction of sp³-hybridized carbons (Fsp3) is 0.111. The van der Waals surface area contributed by atoms with Gasteiger partial charge in [0.15, 0.2) is 0 Å². The van der Waals surface area contributed by atoms with E-state index in [0.29, 0.717) is 0 Å². The van der Waals surface area contributed by atoms with Crippen molar-refractivity contribution >= 4 is 11.9 Å². The van der Waals surface area contributed by atoms with Gasteiger partial charge in [-0.3, -0.25) is 0 Å². The van der Waals surface area contributed by atoms with Gasteiger partial charge in [-0.2, -0.15) is 0 Å². The number of carboxylic acid groups (broad SMARTS) is 2. The van der Waals surface area contributed by atoms with E-state index in [-0.39, 0.29) is 11.1 Å². The lowest BCUT2D eigenvalue weighted by Crippen LogP contribution is -2.01. The highest BCUT2D eigenvalue weighted by Gasteiger charge is 2.06. The Labute approximate surface area is 137 Å². The van der Waals surface area contributed by atoms with E-state index < -0.39 is 11.9 Å². The Morgan fingerprint density at radius 3 is 1.39 bits per heavy atom. The number of rotatable bonds is 4. The highest BCUT2D eigenvalue weighted by atomic mass is 16.5. The molecule has 0 radical (unpaired) electrons. The zero-order valence-electron chi connectivity index (χ0n) is 13.6. The van der Waals surface area contributed by atoms with Gasteiger partial charge in [-0.15, -0.1) is 13.2 Å². The van der Waals surface area contributed by atoms with E-state index >= 15 is 0 Å². The topological polar surface area (TPSA) is 83.8 Å². The molecule has 5 heteroatoms. The highest BCUT2D eigenvalue weighted by Crippen LogP contribution is 2.04. The molecule has 5 nitrogen and oxygen atoms in total.